The van der Waals surface area contributed by atoms with Crippen LogP contribution in [0.2, 0.25) is 5.02 Å². The first-order chi connectivity index (χ1) is 11.1. The van der Waals surface area contributed by atoms with Gasteiger partial charge in [0.25, 0.3) is 0 Å². The van der Waals surface area contributed by atoms with Crippen molar-refractivity contribution in [2.75, 3.05) is 31.1 Å². The van der Waals surface area contributed by atoms with Crippen LogP contribution in [0.1, 0.15) is 19.3 Å². The van der Waals surface area contributed by atoms with E-state index in [9.17, 15) is 9.59 Å². The Kier molecular flexibility index (Phi) is 3.77. The molecule has 1 aromatic rings. The van der Waals surface area contributed by atoms with Crippen molar-refractivity contribution >= 4 is 29.1 Å². The molecule has 0 bridgehead atoms. The van der Waals surface area contributed by atoms with Gasteiger partial charge in [-0.25, -0.2) is 0 Å². The number of para-hydroxylation sites is 1. The molecule has 2 amide bonds. The van der Waals surface area contributed by atoms with Crippen LogP contribution in [0.3, 0.4) is 0 Å². The molecule has 5 nitrogen and oxygen atoms in total. The van der Waals surface area contributed by atoms with Crippen LogP contribution < -0.4 is 4.90 Å². The second-order valence-corrected chi connectivity index (χ2v) is 6.93. The van der Waals surface area contributed by atoms with Crippen molar-refractivity contribution in [1.29, 1.82) is 0 Å². The van der Waals surface area contributed by atoms with Crippen molar-refractivity contribution in [2.45, 2.75) is 31.3 Å². The van der Waals surface area contributed by atoms with E-state index in [1.54, 1.807) is 0 Å². The van der Waals surface area contributed by atoms with E-state index in [1.165, 1.54) is 4.90 Å². The summed E-state index contributed by atoms with van der Waals surface area (Å²) >= 11 is 6.26. The number of piperazine rings is 1. The molecule has 0 unspecified atom stereocenters. The number of carbonyl (C=O) groups is 2. The number of rotatable bonds is 3. The predicted molar refractivity (Wildman–Crippen MR) is 88.5 cm³/mol. The first-order valence-electron chi connectivity index (χ1n) is 8.24. The summed E-state index contributed by atoms with van der Waals surface area (Å²) in [6, 6.07) is 7.77. The van der Waals surface area contributed by atoms with E-state index in [0.29, 0.717) is 6.42 Å². The molecule has 6 heteroatoms. The summed E-state index contributed by atoms with van der Waals surface area (Å²) in [6.07, 6.45) is 2.30. The molecule has 1 aromatic carbocycles. The van der Waals surface area contributed by atoms with Crippen LogP contribution in [-0.2, 0) is 9.59 Å². The second kappa shape index (κ2) is 5.80. The highest BCUT2D eigenvalue weighted by atomic mass is 35.5. The number of benzene rings is 1. The highest BCUT2D eigenvalue weighted by Gasteiger charge is 2.48. The monoisotopic (exact) mass is 333 g/mol. The van der Waals surface area contributed by atoms with Gasteiger partial charge < -0.3 is 4.90 Å². The third kappa shape index (κ3) is 2.72. The van der Waals surface area contributed by atoms with Gasteiger partial charge in [0.15, 0.2) is 0 Å². The minimum atomic E-state index is -0.253. The quantitative estimate of drug-likeness (QED) is 0.791. The van der Waals surface area contributed by atoms with Crippen LogP contribution >= 0.6 is 11.6 Å². The van der Waals surface area contributed by atoms with Gasteiger partial charge in [-0.1, -0.05) is 23.7 Å². The van der Waals surface area contributed by atoms with Crippen LogP contribution in [0.25, 0.3) is 0 Å². The number of likely N-dealkylation sites (tertiary alicyclic amines) is 1. The van der Waals surface area contributed by atoms with Crippen molar-refractivity contribution in [2.24, 2.45) is 0 Å². The number of hydrogen-bond acceptors (Lipinski definition) is 4. The zero-order valence-electron chi connectivity index (χ0n) is 12.9. The molecule has 0 spiro atoms. The lowest BCUT2D eigenvalue weighted by Crippen LogP contribution is -2.52. The van der Waals surface area contributed by atoms with Gasteiger partial charge in [0.2, 0.25) is 11.8 Å². The molecule has 122 valence electrons. The molecule has 2 saturated heterocycles. The fourth-order valence-electron chi connectivity index (χ4n) is 3.62. The maximum absolute atomic E-state index is 12.5. The van der Waals surface area contributed by atoms with Gasteiger partial charge in [0, 0.05) is 32.2 Å². The van der Waals surface area contributed by atoms with Crippen LogP contribution in [0.5, 0.6) is 0 Å². The molecule has 23 heavy (non-hydrogen) atoms. The Hall–Kier alpha value is -1.59. The Morgan fingerprint density at radius 1 is 1.00 bits per heavy atom. The van der Waals surface area contributed by atoms with Gasteiger partial charge in [-0.15, -0.1) is 0 Å². The normalized spacial score (nSPS) is 26.2. The lowest BCUT2D eigenvalue weighted by atomic mass is 10.1. The average molecular weight is 334 g/mol. The molecule has 2 aliphatic heterocycles. The van der Waals surface area contributed by atoms with E-state index in [-0.39, 0.29) is 23.9 Å². The summed E-state index contributed by atoms with van der Waals surface area (Å²) in [5, 5.41) is 0.757. The Morgan fingerprint density at radius 3 is 2.35 bits per heavy atom. The second-order valence-electron chi connectivity index (χ2n) is 6.53. The lowest BCUT2D eigenvalue weighted by molar-refractivity contribution is -0.140. The Morgan fingerprint density at radius 2 is 1.70 bits per heavy atom. The number of hydrogen-bond donors (Lipinski definition) is 0. The lowest BCUT2D eigenvalue weighted by Gasteiger charge is -2.38. The van der Waals surface area contributed by atoms with Gasteiger partial charge in [-0.3, -0.25) is 19.4 Å². The van der Waals surface area contributed by atoms with E-state index in [0.717, 1.165) is 49.7 Å². The fourth-order valence-corrected chi connectivity index (χ4v) is 3.87. The standard InChI is InChI=1S/C17H20ClN3O2/c18-13-3-1-2-4-14(13)19-7-9-20(10-8-19)15-11-16(22)21(17(15)23)12-5-6-12/h1-4,12,15H,5-11H2/t15-/m0/s1. The van der Waals surface area contributed by atoms with Crippen LogP contribution in [-0.4, -0.2) is 59.9 Å². The van der Waals surface area contributed by atoms with E-state index >= 15 is 0 Å². The highest BCUT2D eigenvalue weighted by Crippen LogP contribution is 2.33. The topological polar surface area (TPSA) is 43.9 Å². The third-order valence-corrected chi connectivity index (χ3v) is 5.34. The summed E-state index contributed by atoms with van der Waals surface area (Å²) in [7, 11) is 0. The van der Waals surface area contributed by atoms with Crippen LogP contribution in [0.15, 0.2) is 24.3 Å². The van der Waals surface area contributed by atoms with Gasteiger partial charge in [-0.05, 0) is 25.0 Å². The number of halogens is 1. The van der Waals surface area contributed by atoms with Gasteiger partial charge in [0.1, 0.15) is 0 Å². The molecule has 1 aliphatic carbocycles. The number of imide groups is 1. The molecule has 1 saturated carbocycles. The van der Waals surface area contributed by atoms with Crippen LogP contribution in [0.4, 0.5) is 5.69 Å². The number of carbonyl (C=O) groups excluding carboxylic acids is 2. The number of nitrogens with zero attached hydrogens (tertiary/aromatic N) is 3. The van der Waals surface area contributed by atoms with Crippen molar-refractivity contribution in [3.05, 3.63) is 29.3 Å². The summed E-state index contributed by atoms with van der Waals surface area (Å²) in [5.74, 6) is 0.0275. The molecular formula is C17H20ClN3O2. The molecule has 0 N–H and O–H groups in total. The zero-order chi connectivity index (χ0) is 16.0. The molecule has 0 radical (unpaired) electrons. The fraction of sp³-hybridized carbons (Fsp3) is 0.529. The average Bonchev–Trinajstić information content (AvgIpc) is 3.34. The molecule has 3 aliphatic rings. The predicted octanol–water partition coefficient (Wildman–Crippen LogP) is 1.75. The molecular weight excluding hydrogens is 314 g/mol. The highest BCUT2D eigenvalue weighted by molar-refractivity contribution is 6.33. The zero-order valence-corrected chi connectivity index (χ0v) is 13.7. The van der Waals surface area contributed by atoms with Gasteiger partial charge in [0.05, 0.1) is 23.2 Å². The van der Waals surface area contributed by atoms with Crippen molar-refractivity contribution < 1.29 is 9.59 Å². The summed E-state index contributed by atoms with van der Waals surface area (Å²) in [4.78, 5) is 30.6. The summed E-state index contributed by atoms with van der Waals surface area (Å²) < 4.78 is 0. The van der Waals surface area contributed by atoms with Crippen molar-refractivity contribution in [3.8, 4) is 0 Å². The van der Waals surface area contributed by atoms with E-state index in [4.69, 9.17) is 11.6 Å². The smallest absolute Gasteiger partial charge is 0.247 e. The Balaban J connectivity index is 1.41. The Labute approximate surface area is 140 Å². The third-order valence-electron chi connectivity index (χ3n) is 5.02. The number of amides is 2. The maximum Gasteiger partial charge on any atom is 0.247 e. The molecule has 0 aromatic heterocycles. The van der Waals surface area contributed by atoms with E-state index in [2.05, 4.69) is 9.80 Å². The molecule has 1 atom stereocenters. The van der Waals surface area contributed by atoms with E-state index in [1.807, 2.05) is 24.3 Å². The minimum Gasteiger partial charge on any atom is -0.368 e. The minimum absolute atomic E-state index is 0.0102. The van der Waals surface area contributed by atoms with Crippen LogP contribution in [0, 0.1) is 0 Å². The maximum atomic E-state index is 12.5. The largest absolute Gasteiger partial charge is 0.368 e. The van der Waals surface area contributed by atoms with Gasteiger partial charge >= 0.3 is 0 Å². The number of anilines is 1. The van der Waals surface area contributed by atoms with Gasteiger partial charge in [-0.2, -0.15) is 0 Å². The van der Waals surface area contributed by atoms with E-state index < -0.39 is 0 Å². The SMILES string of the molecule is O=C1C[C@H](N2CCN(c3ccccc3Cl)CC2)C(=O)N1C1CC1. The first kappa shape index (κ1) is 15.0. The molecule has 3 fully saturated rings. The summed E-state index contributed by atoms with van der Waals surface area (Å²) in [6.45, 7) is 3.22. The first-order valence-corrected chi connectivity index (χ1v) is 8.62. The molecule has 4 rings (SSSR count). The molecule has 2 heterocycles. The van der Waals surface area contributed by atoms with Crippen molar-refractivity contribution in [3.63, 3.8) is 0 Å². The van der Waals surface area contributed by atoms with Crippen molar-refractivity contribution in [1.82, 2.24) is 9.80 Å². The Bertz CT molecular complexity index is 638. The summed E-state index contributed by atoms with van der Waals surface area (Å²) in [5.41, 5.74) is 1.04.